The van der Waals surface area contributed by atoms with Crippen LogP contribution in [0.3, 0.4) is 0 Å². The molecule has 0 amide bonds. The molecule has 0 saturated heterocycles. The van der Waals surface area contributed by atoms with E-state index in [1.165, 1.54) is 0 Å². The molecule has 1 aromatic rings. The van der Waals surface area contributed by atoms with Crippen molar-refractivity contribution in [3.63, 3.8) is 0 Å². The number of pyridine rings is 1. The molecule has 0 fully saturated rings. The van der Waals surface area contributed by atoms with Gasteiger partial charge < -0.3 is 20.5 Å². The van der Waals surface area contributed by atoms with Crippen LogP contribution in [0.5, 0.6) is 5.88 Å². The Morgan fingerprint density at radius 3 is 2.56 bits per heavy atom. The maximum Gasteiger partial charge on any atom is 0.239 e. The van der Waals surface area contributed by atoms with E-state index >= 15 is 0 Å². The molecule has 5 nitrogen and oxygen atoms in total. The number of ether oxygens (including phenoxy) is 1. The van der Waals surface area contributed by atoms with Crippen molar-refractivity contribution in [1.29, 1.82) is 0 Å². The summed E-state index contributed by atoms with van der Waals surface area (Å²) in [5.74, 6) is 1.15. The fraction of sp³-hybridized carbons (Fsp3) is 0.615. The van der Waals surface area contributed by atoms with Crippen LogP contribution in [-0.2, 0) is 0 Å². The molecular formula is C13H23N3O2. The Labute approximate surface area is 109 Å². The van der Waals surface area contributed by atoms with Crippen LogP contribution in [0.1, 0.15) is 27.7 Å². The number of aliphatic hydroxyl groups is 1. The molecule has 5 heteroatoms. The van der Waals surface area contributed by atoms with Crippen LogP contribution in [0.25, 0.3) is 0 Å². The highest BCUT2D eigenvalue weighted by atomic mass is 16.5. The second kappa shape index (κ2) is 5.44. The number of hydrogen-bond acceptors (Lipinski definition) is 5. The average Bonchev–Trinajstić information content (AvgIpc) is 2.28. The van der Waals surface area contributed by atoms with E-state index in [-0.39, 0.29) is 18.2 Å². The zero-order chi connectivity index (χ0) is 13.9. The van der Waals surface area contributed by atoms with E-state index in [0.29, 0.717) is 11.6 Å². The number of nitrogens with two attached hydrogens (primary N) is 1. The van der Waals surface area contributed by atoms with Gasteiger partial charge in [-0.15, -0.1) is 0 Å². The average molecular weight is 253 g/mol. The van der Waals surface area contributed by atoms with Crippen molar-refractivity contribution in [3.8, 4) is 5.88 Å². The van der Waals surface area contributed by atoms with Gasteiger partial charge in [0.1, 0.15) is 11.4 Å². The summed E-state index contributed by atoms with van der Waals surface area (Å²) in [4.78, 5) is 6.28. The Balaban J connectivity index is 3.00. The summed E-state index contributed by atoms with van der Waals surface area (Å²) < 4.78 is 5.71. The molecule has 1 heterocycles. The van der Waals surface area contributed by atoms with Gasteiger partial charge in [-0.2, -0.15) is 4.98 Å². The Hall–Kier alpha value is -1.49. The molecule has 102 valence electrons. The van der Waals surface area contributed by atoms with Gasteiger partial charge >= 0.3 is 0 Å². The van der Waals surface area contributed by atoms with Gasteiger partial charge in [0.05, 0.1) is 18.3 Å². The fourth-order valence-electron chi connectivity index (χ4n) is 1.36. The molecule has 0 aromatic carbocycles. The van der Waals surface area contributed by atoms with Crippen molar-refractivity contribution in [2.45, 2.75) is 39.3 Å². The third-order valence-corrected chi connectivity index (χ3v) is 2.56. The fourth-order valence-corrected chi connectivity index (χ4v) is 1.36. The van der Waals surface area contributed by atoms with Crippen LogP contribution < -0.4 is 15.4 Å². The summed E-state index contributed by atoms with van der Waals surface area (Å²) in [5.41, 5.74) is 6.02. The Bertz CT molecular complexity index is 402. The van der Waals surface area contributed by atoms with Gasteiger partial charge in [0.25, 0.3) is 0 Å². The molecule has 18 heavy (non-hydrogen) atoms. The lowest BCUT2D eigenvalue weighted by Crippen LogP contribution is -2.32. The van der Waals surface area contributed by atoms with Gasteiger partial charge in [-0.1, -0.05) is 0 Å². The molecule has 1 rings (SSSR count). The zero-order valence-corrected chi connectivity index (χ0v) is 11.8. The van der Waals surface area contributed by atoms with E-state index in [0.717, 1.165) is 5.82 Å². The smallest absolute Gasteiger partial charge is 0.239 e. The van der Waals surface area contributed by atoms with Crippen molar-refractivity contribution in [1.82, 2.24) is 4.98 Å². The van der Waals surface area contributed by atoms with Gasteiger partial charge in [0, 0.05) is 7.05 Å². The lowest BCUT2D eigenvalue weighted by molar-refractivity contribution is 0.125. The molecule has 0 radical (unpaired) electrons. The highest BCUT2D eigenvalue weighted by molar-refractivity contribution is 5.54. The number of rotatable bonds is 4. The highest BCUT2D eigenvalue weighted by Crippen LogP contribution is 2.26. The molecule has 0 saturated carbocycles. The molecule has 1 unspecified atom stereocenters. The van der Waals surface area contributed by atoms with Crippen molar-refractivity contribution in [2.75, 3.05) is 24.3 Å². The summed E-state index contributed by atoms with van der Waals surface area (Å²) >= 11 is 0. The van der Waals surface area contributed by atoms with E-state index in [4.69, 9.17) is 15.6 Å². The van der Waals surface area contributed by atoms with E-state index in [1.54, 1.807) is 6.07 Å². The molecule has 0 spiro atoms. The van der Waals surface area contributed by atoms with Crippen molar-refractivity contribution < 1.29 is 9.84 Å². The molecule has 0 aliphatic rings. The lowest BCUT2D eigenvalue weighted by atomic mass is 10.2. The van der Waals surface area contributed by atoms with Crippen LogP contribution in [0.4, 0.5) is 11.5 Å². The summed E-state index contributed by atoms with van der Waals surface area (Å²) in [7, 11) is 1.88. The Morgan fingerprint density at radius 2 is 2.06 bits per heavy atom. The Morgan fingerprint density at radius 1 is 1.44 bits per heavy atom. The third kappa shape index (κ3) is 3.77. The number of nitrogens with zero attached hydrogens (tertiary/aromatic N) is 2. The third-order valence-electron chi connectivity index (χ3n) is 2.56. The second-order valence-corrected chi connectivity index (χ2v) is 5.42. The maximum atomic E-state index is 9.15. The lowest BCUT2D eigenvalue weighted by Gasteiger charge is -2.26. The van der Waals surface area contributed by atoms with E-state index in [9.17, 15) is 0 Å². The normalized spacial score (nSPS) is 13.2. The molecular weight excluding hydrogens is 230 g/mol. The Kier molecular flexibility index (Phi) is 4.40. The van der Waals surface area contributed by atoms with Crippen LogP contribution in [-0.4, -0.2) is 35.4 Å². The van der Waals surface area contributed by atoms with E-state index in [2.05, 4.69) is 4.98 Å². The number of likely N-dealkylation sites (N-methyl/N-ethyl adjacent to an activating group) is 1. The monoisotopic (exact) mass is 253 g/mol. The second-order valence-electron chi connectivity index (χ2n) is 5.42. The van der Waals surface area contributed by atoms with Gasteiger partial charge in [-0.05, 0) is 39.8 Å². The van der Waals surface area contributed by atoms with Crippen molar-refractivity contribution in [2.24, 2.45) is 0 Å². The largest absolute Gasteiger partial charge is 0.470 e. The minimum absolute atomic E-state index is 0.0105. The van der Waals surface area contributed by atoms with Crippen LogP contribution in [0.2, 0.25) is 0 Å². The summed E-state index contributed by atoms with van der Waals surface area (Å²) in [6.45, 7) is 7.82. The molecule has 1 atom stereocenters. The van der Waals surface area contributed by atoms with E-state index < -0.39 is 0 Å². The first-order valence-corrected chi connectivity index (χ1v) is 6.04. The van der Waals surface area contributed by atoms with Crippen LogP contribution >= 0.6 is 0 Å². The predicted molar refractivity (Wildman–Crippen MR) is 74.0 cm³/mol. The number of anilines is 2. The predicted octanol–water partition coefficient (Wildman–Crippen LogP) is 1.66. The number of aliphatic hydroxyl groups excluding tert-OH is 1. The quantitative estimate of drug-likeness (QED) is 0.854. The van der Waals surface area contributed by atoms with Gasteiger partial charge in [-0.3, -0.25) is 0 Å². The van der Waals surface area contributed by atoms with Crippen molar-refractivity contribution >= 4 is 11.5 Å². The molecule has 0 aliphatic carbocycles. The summed E-state index contributed by atoms with van der Waals surface area (Å²) in [6.07, 6.45) is 0. The molecule has 1 aromatic heterocycles. The van der Waals surface area contributed by atoms with Gasteiger partial charge in [0.15, 0.2) is 0 Å². The van der Waals surface area contributed by atoms with Crippen LogP contribution in [0, 0.1) is 0 Å². The summed E-state index contributed by atoms with van der Waals surface area (Å²) in [5, 5.41) is 9.15. The standard InChI is InChI=1S/C13H23N3O2/c1-9(8-17)16(5)11-7-6-10(14)12(15-11)18-13(2,3)4/h6-7,9,17H,8,14H2,1-5H3. The van der Waals surface area contributed by atoms with E-state index in [1.807, 2.05) is 45.7 Å². The SMILES string of the molecule is CC(CO)N(C)c1ccc(N)c(OC(C)(C)C)n1. The highest BCUT2D eigenvalue weighted by Gasteiger charge is 2.17. The molecule has 0 bridgehead atoms. The van der Waals surface area contributed by atoms with Crippen molar-refractivity contribution in [3.05, 3.63) is 12.1 Å². The first-order chi connectivity index (χ1) is 8.24. The van der Waals surface area contributed by atoms with Crippen LogP contribution in [0.15, 0.2) is 12.1 Å². The number of aromatic nitrogens is 1. The topological polar surface area (TPSA) is 71.6 Å². The first kappa shape index (κ1) is 14.6. The number of nitrogen functional groups attached to an aromatic ring is 1. The molecule has 0 aliphatic heterocycles. The number of hydrogen-bond donors (Lipinski definition) is 2. The summed E-state index contributed by atoms with van der Waals surface area (Å²) in [6, 6.07) is 3.57. The molecule has 3 N–H and O–H groups in total. The maximum absolute atomic E-state index is 9.15. The minimum atomic E-state index is -0.346. The minimum Gasteiger partial charge on any atom is -0.470 e. The van der Waals surface area contributed by atoms with Gasteiger partial charge in [-0.25, -0.2) is 0 Å². The van der Waals surface area contributed by atoms with Gasteiger partial charge in [0.2, 0.25) is 5.88 Å². The zero-order valence-electron chi connectivity index (χ0n) is 11.8. The first-order valence-electron chi connectivity index (χ1n) is 6.04.